The third-order valence-electron chi connectivity index (χ3n) is 15.0. The number of likely N-dealkylation sites (N-methyl/N-ethyl adjacent to an activating group) is 2. The maximum absolute atomic E-state index is 14.8. The predicted octanol–water partition coefficient (Wildman–Crippen LogP) is 5.03. The Morgan fingerprint density at radius 3 is 2.55 bits per heavy atom. The van der Waals surface area contributed by atoms with Crippen molar-refractivity contribution in [2.24, 2.45) is 17.3 Å². The number of cyclic esters (lactones) is 1. The van der Waals surface area contributed by atoms with Crippen LogP contribution in [0.25, 0.3) is 33.3 Å². The number of aromatic hydroxyl groups is 1. The van der Waals surface area contributed by atoms with Gasteiger partial charge in [0.05, 0.1) is 30.5 Å². The summed E-state index contributed by atoms with van der Waals surface area (Å²) in [5.41, 5.74) is 9.58. The molecule has 2 aromatic carbocycles. The molecule has 2 aromatic heterocycles. The molecular formula is C56H75N9O8. The highest BCUT2D eigenvalue weighted by molar-refractivity contribution is 5.96. The molecule has 4 amide bonds. The van der Waals surface area contributed by atoms with Crippen LogP contribution >= 0.6 is 0 Å². The highest BCUT2D eigenvalue weighted by Gasteiger charge is 2.40. The highest BCUT2D eigenvalue weighted by atomic mass is 16.5. The molecule has 4 aromatic rings. The SMILES string of the molecule is CCn1c(-c2cccnc2COC)c2c3cc(ccc31)-c1cc(O)cc(c1)C[C@H](NC(=O)C(C(C)C)N(C)C(=O)[C@H]1CCN(C(=O)/C=C/CN3CCN(C)CC3)C1)C(=O)N1CCC[C@H](N1)C(=O)OCC(C)(C)C2. The number of aromatic nitrogens is 2. The molecule has 6 bridgehead atoms. The minimum Gasteiger partial charge on any atom is -0.508 e. The number of benzene rings is 2. The van der Waals surface area contributed by atoms with E-state index < -0.39 is 47.2 Å². The lowest BCUT2D eigenvalue weighted by Gasteiger charge is -2.37. The Labute approximate surface area is 429 Å². The zero-order valence-corrected chi connectivity index (χ0v) is 44.0. The van der Waals surface area contributed by atoms with Gasteiger partial charge >= 0.3 is 5.97 Å². The molecule has 4 aliphatic heterocycles. The Morgan fingerprint density at radius 1 is 1.03 bits per heavy atom. The average Bonchev–Trinajstić information content (AvgIpc) is 3.98. The van der Waals surface area contributed by atoms with Crippen LogP contribution in [0.5, 0.6) is 5.75 Å². The summed E-state index contributed by atoms with van der Waals surface area (Å²) < 4.78 is 14.0. The molecule has 4 atom stereocenters. The van der Waals surface area contributed by atoms with Gasteiger partial charge in [-0.1, -0.05) is 45.9 Å². The number of nitrogens with zero attached hydrogens (tertiary/aromatic N) is 7. The molecule has 1 unspecified atom stereocenters. The molecule has 0 aliphatic carbocycles. The Balaban J connectivity index is 1.09. The number of phenolic OH excluding ortho intramolecular Hbond substituents is 1. The normalized spacial score (nSPS) is 21.6. The number of phenols is 1. The maximum atomic E-state index is 14.8. The summed E-state index contributed by atoms with van der Waals surface area (Å²) >= 11 is 0. The predicted molar refractivity (Wildman–Crippen MR) is 280 cm³/mol. The molecule has 0 spiro atoms. The lowest BCUT2D eigenvalue weighted by molar-refractivity contribution is -0.155. The van der Waals surface area contributed by atoms with Crippen molar-refractivity contribution in [3.8, 4) is 28.1 Å². The van der Waals surface area contributed by atoms with Crippen LogP contribution in [0.15, 0.2) is 66.9 Å². The molecule has 17 nitrogen and oxygen atoms in total. The molecule has 392 valence electrons. The van der Waals surface area contributed by atoms with Crippen molar-refractivity contribution >= 4 is 40.5 Å². The summed E-state index contributed by atoms with van der Waals surface area (Å²) in [5, 5.41) is 16.8. The van der Waals surface area contributed by atoms with Crippen LogP contribution in [0.4, 0.5) is 0 Å². The van der Waals surface area contributed by atoms with Crippen molar-refractivity contribution in [1.29, 1.82) is 0 Å². The second-order valence-electron chi connectivity index (χ2n) is 21.6. The largest absolute Gasteiger partial charge is 0.508 e. The second-order valence-corrected chi connectivity index (χ2v) is 21.6. The third-order valence-corrected chi connectivity index (χ3v) is 15.0. The molecule has 0 saturated carbocycles. The molecule has 3 saturated heterocycles. The number of hydrazine groups is 1. The molecule has 4 aliphatic rings. The van der Waals surface area contributed by atoms with Crippen LogP contribution in [0.3, 0.4) is 0 Å². The number of nitrogens with one attached hydrogen (secondary N) is 2. The summed E-state index contributed by atoms with van der Waals surface area (Å²) in [6, 6.07) is 12.5. The van der Waals surface area contributed by atoms with E-state index in [-0.39, 0.29) is 49.6 Å². The summed E-state index contributed by atoms with van der Waals surface area (Å²) in [6.07, 6.45) is 7.22. The van der Waals surface area contributed by atoms with Gasteiger partial charge in [0.15, 0.2) is 0 Å². The molecule has 3 N–H and O–H groups in total. The fourth-order valence-electron chi connectivity index (χ4n) is 11.1. The van der Waals surface area contributed by atoms with E-state index in [1.54, 1.807) is 43.5 Å². The highest BCUT2D eigenvalue weighted by Crippen LogP contribution is 2.41. The first kappa shape index (κ1) is 53.2. The van der Waals surface area contributed by atoms with E-state index in [1.165, 1.54) is 9.91 Å². The number of ether oxygens (including phenoxy) is 2. The van der Waals surface area contributed by atoms with E-state index >= 15 is 0 Å². The fraction of sp³-hybridized carbons (Fsp3) is 0.536. The number of aryl methyl sites for hydroxylation is 1. The number of pyridine rings is 1. The van der Waals surface area contributed by atoms with Crippen LogP contribution in [-0.4, -0.2) is 167 Å². The van der Waals surface area contributed by atoms with Gasteiger partial charge in [-0.3, -0.25) is 38.9 Å². The number of hydrogen-bond acceptors (Lipinski definition) is 12. The van der Waals surface area contributed by atoms with Gasteiger partial charge < -0.3 is 39.2 Å². The van der Waals surface area contributed by atoms with E-state index in [0.717, 1.165) is 70.7 Å². The van der Waals surface area contributed by atoms with Gasteiger partial charge in [-0.25, -0.2) is 5.43 Å². The number of fused-ring (bicyclic) bond motifs is 6. The van der Waals surface area contributed by atoms with Gasteiger partial charge in [-0.15, -0.1) is 0 Å². The van der Waals surface area contributed by atoms with Gasteiger partial charge in [0.1, 0.15) is 23.9 Å². The summed E-state index contributed by atoms with van der Waals surface area (Å²) in [7, 11) is 5.37. The topological polar surface area (TPSA) is 182 Å². The number of rotatable bonds is 12. The van der Waals surface area contributed by atoms with Gasteiger partial charge in [0, 0.05) is 114 Å². The first-order chi connectivity index (χ1) is 34.9. The molecule has 3 fully saturated rings. The van der Waals surface area contributed by atoms with Crippen LogP contribution in [0, 0.1) is 17.3 Å². The van der Waals surface area contributed by atoms with Crippen molar-refractivity contribution in [2.45, 2.75) is 98.0 Å². The summed E-state index contributed by atoms with van der Waals surface area (Å²) in [4.78, 5) is 83.5. The number of piperazine rings is 1. The average molecular weight is 1000 g/mol. The van der Waals surface area contributed by atoms with Crippen molar-refractivity contribution in [3.63, 3.8) is 0 Å². The second kappa shape index (κ2) is 23.0. The zero-order chi connectivity index (χ0) is 52.1. The van der Waals surface area contributed by atoms with Gasteiger partial charge in [0.25, 0.3) is 5.91 Å². The molecule has 8 rings (SSSR count). The molecular weight excluding hydrogens is 927 g/mol. The van der Waals surface area contributed by atoms with E-state index in [9.17, 15) is 29.1 Å². The molecule has 17 heteroatoms. The Kier molecular flexibility index (Phi) is 16.7. The number of carbonyl (C=O) groups is 5. The molecule has 73 heavy (non-hydrogen) atoms. The van der Waals surface area contributed by atoms with E-state index in [2.05, 4.69) is 71.1 Å². The maximum Gasteiger partial charge on any atom is 0.324 e. The van der Waals surface area contributed by atoms with Gasteiger partial charge in [-0.2, -0.15) is 0 Å². The Morgan fingerprint density at radius 2 is 1.81 bits per heavy atom. The van der Waals surface area contributed by atoms with Crippen LogP contribution in [0.1, 0.15) is 70.7 Å². The lowest BCUT2D eigenvalue weighted by Crippen LogP contribution is -2.62. The number of amides is 4. The number of methoxy groups -OCH3 is 1. The Bertz CT molecular complexity index is 2710. The number of carbonyl (C=O) groups excluding carboxylic acids is 5. The van der Waals surface area contributed by atoms with Crippen LogP contribution in [-0.2, 0) is 59.4 Å². The Hall–Kier alpha value is -6.14. The van der Waals surface area contributed by atoms with Crippen molar-refractivity contribution in [3.05, 3.63) is 83.7 Å². The number of likely N-dealkylation sites (tertiary alicyclic amines) is 1. The smallest absolute Gasteiger partial charge is 0.324 e. The van der Waals surface area contributed by atoms with E-state index in [0.29, 0.717) is 57.5 Å². The minimum atomic E-state index is -1.17. The van der Waals surface area contributed by atoms with Crippen molar-refractivity contribution < 1.29 is 38.6 Å². The first-order valence-corrected chi connectivity index (χ1v) is 26.0. The van der Waals surface area contributed by atoms with E-state index in [1.807, 2.05) is 38.1 Å². The first-order valence-electron chi connectivity index (χ1n) is 26.0. The quantitative estimate of drug-likeness (QED) is 0.128. The van der Waals surface area contributed by atoms with Crippen LogP contribution < -0.4 is 10.7 Å². The summed E-state index contributed by atoms with van der Waals surface area (Å²) in [5.74, 6) is -2.71. The standard InChI is InChI=1S/C56H75N9O8/c1-9-64-48-17-16-38-31-43(48)44(51(64)42-13-10-19-57-47(42)34-72-8)32-56(4,5)35-73-55(71)45-14-11-21-65(59-45)54(70)46(29-37-27-40(38)30-41(66)28-37)58-52(68)50(36(2)3)61(7)53(69)39-18-22-63(33-39)49(67)15-12-20-62-25-23-60(6)24-26-62/h10,12-13,15-17,19,27-28,30-31,36,39,45-46,50,59,66H,9,11,14,18,20-26,29,32-35H2,1-8H3,(H,58,68)/b15-12+/t39-,45-,46-,50?/m0/s1. The van der Waals surface area contributed by atoms with Crippen LogP contribution in [0.2, 0.25) is 0 Å². The monoisotopic (exact) mass is 1000 g/mol. The fourth-order valence-corrected chi connectivity index (χ4v) is 11.1. The van der Waals surface area contributed by atoms with Crippen molar-refractivity contribution in [2.75, 3.05) is 80.2 Å². The third kappa shape index (κ3) is 12.1. The summed E-state index contributed by atoms with van der Waals surface area (Å²) in [6.45, 7) is 16.6. The number of esters is 1. The molecule has 0 radical (unpaired) electrons. The zero-order valence-electron chi connectivity index (χ0n) is 44.0. The molecule has 6 heterocycles. The number of hydrogen-bond donors (Lipinski definition) is 3. The van der Waals surface area contributed by atoms with E-state index in [4.69, 9.17) is 14.5 Å². The van der Waals surface area contributed by atoms with Crippen molar-refractivity contribution in [1.82, 2.24) is 44.9 Å². The minimum absolute atomic E-state index is 0.00817. The van der Waals surface area contributed by atoms with Gasteiger partial charge in [0.2, 0.25) is 17.7 Å². The van der Waals surface area contributed by atoms with Gasteiger partial charge in [-0.05, 0) is 104 Å². The lowest BCUT2D eigenvalue weighted by atomic mass is 9.84.